The van der Waals surface area contributed by atoms with Crippen molar-refractivity contribution in [3.8, 4) is 6.07 Å². The van der Waals surface area contributed by atoms with Gasteiger partial charge in [0.2, 0.25) is 0 Å². The number of anilines is 2. The molecule has 10 heteroatoms. The quantitative estimate of drug-likeness (QED) is 0.233. The number of hydrogen-bond acceptors (Lipinski definition) is 4. The minimum absolute atomic E-state index is 0.0552. The monoisotopic (exact) mass is 531 g/mol. The average Bonchev–Trinajstić information content (AvgIpc) is 3.41. The molecule has 0 bridgehead atoms. The number of carbonyl (C=O) groups excluding carboxylic acids is 2. The van der Waals surface area contributed by atoms with Gasteiger partial charge >= 0.3 is 6.18 Å². The van der Waals surface area contributed by atoms with E-state index < -0.39 is 34.6 Å². The fraction of sp³-hybridized carbons (Fsp3) is 0.407. The molecule has 1 atom stereocenters. The van der Waals surface area contributed by atoms with Gasteiger partial charge in [-0.1, -0.05) is 33.1 Å². The molecule has 4 rings (SSSR count). The summed E-state index contributed by atoms with van der Waals surface area (Å²) >= 11 is 5.61. The Labute approximate surface area is 217 Å². The van der Waals surface area contributed by atoms with Gasteiger partial charge in [0.25, 0.3) is 5.91 Å². The lowest BCUT2D eigenvalue weighted by Gasteiger charge is -2.32. The number of amides is 1. The first kappa shape index (κ1) is 26.7. The summed E-state index contributed by atoms with van der Waals surface area (Å²) in [6.45, 7) is 3.68. The molecule has 37 heavy (non-hydrogen) atoms. The Morgan fingerprint density at radius 1 is 1.16 bits per heavy atom. The molecule has 1 spiro atoms. The standard InChI is InChI=1S/C27H25F4N3O2S/c1-3-6-16(2)23(35)20-10-9-19(14-22(20)28)34-25(37)33(24(36)26(34)11-4-5-12-26)18-8-7-17(15-32)21(13-18)27(29,30)31/h7-10,13-14,16H,3-6,11-12H2,1-2H3. The van der Waals surface area contributed by atoms with Crippen LogP contribution in [0.1, 0.15) is 73.9 Å². The van der Waals surface area contributed by atoms with Gasteiger partial charge in [0, 0.05) is 11.6 Å². The van der Waals surface area contributed by atoms with Gasteiger partial charge in [0.05, 0.1) is 28.4 Å². The molecule has 1 saturated carbocycles. The SMILES string of the molecule is CCCC(C)C(=O)c1ccc(N2C(=S)N(c3ccc(C#N)c(C(F)(F)F)c3)C(=O)C23CCCC3)cc1F. The van der Waals surface area contributed by atoms with Crippen molar-refractivity contribution in [1.29, 1.82) is 5.26 Å². The normalized spacial score (nSPS) is 18.0. The van der Waals surface area contributed by atoms with E-state index in [2.05, 4.69) is 0 Å². The molecule has 1 aliphatic carbocycles. The van der Waals surface area contributed by atoms with E-state index in [0.29, 0.717) is 32.1 Å². The number of rotatable bonds is 6. The Hall–Kier alpha value is -3.32. The molecule has 2 aliphatic rings. The molecule has 2 aromatic rings. The van der Waals surface area contributed by atoms with Gasteiger partial charge in [-0.25, -0.2) is 4.39 Å². The summed E-state index contributed by atoms with van der Waals surface area (Å²) in [5.74, 6) is -1.91. The zero-order valence-corrected chi connectivity index (χ0v) is 21.2. The van der Waals surface area contributed by atoms with Crippen molar-refractivity contribution in [2.75, 3.05) is 9.80 Å². The predicted molar refractivity (Wildman–Crippen MR) is 135 cm³/mol. The number of alkyl halides is 3. The lowest BCUT2D eigenvalue weighted by molar-refractivity contribution is -0.137. The van der Waals surface area contributed by atoms with E-state index in [1.54, 1.807) is 6.92 Å². The summed E-state index contributed by atoms with van der Waals surface area (Å²) in [6, 6.07) is 8.59. The third-order valence-electron chi connectivity index (χ3n) is 7.18. The molecule has 194 valence electrons. The van der Waals surface area contributed by atoms with E-state index in [0.717, 1.165) is 29.5 Å². The van der Waals surface area contributed by atoms with E-state index in [1.807, 2.05) is 6.92 Å². The largest absolute Gasteiger partial charge is 0.417 e. The summed E-state index contributed by atoms with van der Waals surface area (Å²) in [5, 5.41) is 9.05. The molecule has 1 amide bonds. The number of hydrogen-bond donors (Lipinski definition) is 0. The van der Waals surface area contributed by atoms with E-state index in [4.69, 9.17) is 17.5 Å². The van der Waals surface area contributed by atoms with Crippen LogP contribution in [0.3, 0.4) is 0 Å². The second kappa shape index (κ2) is 9.86. The van der Waals surface area contributed by atoms with Crippen LogP contribution in [0.25, 0.3) is 0 Å². The summed E-state index contributed by atoms with van der Waals surface area (Å²) in [6.07, 6.45) is -1.26. The Balaban J connectivity index is 1.78. The average molecular weight is 532 g/mol. The number of benzene rings is 2. The van der Waals surface area contributed by atoms with Crippen LogP contribution < -0.4 is 9.80 Å². The van der Waals surface area contributed by atoms with Gasteiger partial charge in [-0.05, 0) is 67.9 Å². The molecule has 2 aromatic carbocycles. The lowest BCUT2D eigenvalue weighted by atomic mass is 9.93. The summed E-state index contributed by atoms with van der Waals surface area (Å²) in [7, 11) is 0. The topological polar surface area (TPSA) is 64.4 Å². The highest BCUT2D eigenvalue weighted by molar-refractivity contribution is 7.81. The van der Waals surface area contributed by atoms with Gasteiger partial charge in [0.15, 0.2) is 10.9 Å². The Bertz CT molecular complexity index is 1310. The molecule has 1 aliphatic heterocycles. The van der Waals surface area contributed by atoms with Crippen molar-refractivity contribution in [3.05, 3.63) is 58.9 Å². The number of ketones is 1. The number of Topliss-reactive ketones (excluding diaryl/α,β-unsaturated/α-hetero) is 1. The van der Waals surface area contributed by atoms with Gasteiger partial charge in [-0.2, -0.15) is 18.4 Å². The highest BCUT2D eigenvalue weighted by Gasteiger charge is 2.57. The zero-order valence-electron chi connectivity index (χ0n) is 20.4. The van der Waals surface area contributed by atoms with Crippen molar-refractivity contribution in [2.24, 2.45) is 5.92 Å². The predicted octanol–water partition coefficient (Wildman–Crippen LogP) is 6.79. The lowest BCUT2D eigenvalue weighted by Crippen LogP contribution is -2.47. The van der Waals surface area contributed by atoms with Crippen molar-refractivity contribution >= 4 is 40.4 Å². The first-order chi connectivity index (χ1) is 17.5. The molecule has 5 nitrogen and oxygen atoms in total. The first-order valence-corrected chi connectivity index (χ1v) is 12.5. The third-order valence-corrected chi connectivity index (χ3v) is 7.54. The number of nitriles is 1. The molecular weight excluding hydrogens is 506 g/mol. The van der Waals surface area contributed by atoms with Crippen LogP contribution in [0.2, 0.25) is 0 Å². The second-order valence-electron chi connectivity index (χ2n) is 9.55. The summed E-state index contributed by atoms with van der Waals surface area (Å²) in [5.41, 5.74) is -2.82. The molecule has 1 saturated heterocycles. The number of carbonyl (C=O) groups is 2. The number of halogens is 4. The van der Waals surface area contributed by atoms with Crippen LogP contribution in [0.15, 0.2) is 36.4 Å². The van der Waals surface area contributed by atoms with Crippen molar-refractivity contribution in [2.45, 2.75) is 64.1 Å². The highest BCUT2D eigenvalue weighted by atomic mass is 32.1. The molecule has 1 heterocycles. The van der Waals surface area contributed by atoms with Crippen LogP contribution in [0, 0.1) is 23.1 Å². The van der Waals surface area contributed by atoms with E-state index in [1.165, 1.54) is 29.2 Å². The van der Waals surface area contributed by atoms with Crippen molar-refractivity contribution < 1.29 is 27.2 Å². The highest BCUT2D eigenvalue weighted by Crippen LogP contribution is 2.47. The van der Waals surface area contributed by atoms with Crippen molar-refractivity contribution in [3.63, 3.8) is 0 Å². The maximum absolute atomic E-state index is 15.2. The van der Waals surface area contributed by atoms with Crippen LogP contribution in [-0.4, -0.2) is 22.3 Å². The van der Waals surface area contributed by atoms with Crippen LogP contribution >= 0.6 is 12.2 Å². The maximum atomic E-state index is 15.2. The summed E-state index contributed by atoms with van der Waals surface area (Å²) in [4.78, 5) is 29.0. The third kappa shape index (κ3) is 4.50. The number of thiocarbonyl (C=S) groups is 1. The molecular formula is C27H25F4N3O2S. The maximum Gasteiger partial charge on any atom is 0.417 e. The molecule has 0 aromatic heterocycles. The first-order valence-electron chi connectivity index (χ1n) is 12.1. The number of nitrogens with zero attached hydrogens (tertiary/aromatic N) is 3. The summed E-state index contributed by atoms with van der Waals surface area (Å²) < 4.78 is 56.1. The van der Waals surface area contributed by atoms with Crippen molar-refractivity contribution in [1.82, 2.24) is 0 Å². The van der Waals surface area contributed by atoms with E-state index in [9.17, 15) is 22.8 Å². The molecule has 1 unspecified atom stereocenters. The zero-order chi connectivity index (χ0) is 27.1. The minimum Gasteiger partial charge on any atom is -0.303 e. The molecule has 0 radical (unpaired) electrons. The Morgan fingerprint density at radius 3 is 2.38 bits per heavy atom. The van der Waals surface area contributed by atoms with Crippen LogP contribution in [-0.2, 0) is 11.0 Å². The van der Waals surface area contributed by atoms with Crippen LogP contribution in [0.4, 0.5) is 28.9 Å². The van der Waals surface area contributed by atoms with Gasteiger partial charge in [-0.3, -0.25) is 14.5 Å². The van der Waals surface area contributed by atoms with Gasteiger partial charge in [0.1, 0.15) is 11.4 Å². The fourth-order valence-corrected chi connectivity index (χ4v) is 5.80. The van der Waals surface area contributed by atoms with Gasteiger partial charge in [-0.15, -0.1) is 0 Å². The van der Waals surface area contributed by atoms with E-state index in [-0.39, 0.29) is 33.8 Å². The fourth-order valence-electron chi connectivity index (χ4n) is 5.33. The minimum atomic E-state index is -4.81. The van der Waals surface area contributed by atoms with Gasteiger partial charge < -0.3 is 4.90 Å². The molecule has 0 N–H and O–H groups in total. The Kier molecular flexibility index (Phi) is 7.12. The second-order valence-corrected chi connectivity index (χ2v) is 9.92. The Morgan fingerprint density at radius 2 is 1.81 bits per heavy atom. The van der Waals surface area contributed by atoms with Crippen LogP contribution in [0.5, 0.6) is 0 Å². The van der Waals surface area contributed by atoms with E-state index >= 15 is 4.39 Å². The molecule has 2 fully saturated rings. The smallest absolute Gasteiger partial charge is 0.303 e.